The van der Waals surface area contributed by atoms with Crippen molar-refractivity contribution in [3.05, 3.63) is 40.9 Å². The Bertz CT molecular complexity index is 456. The first kappa shape index (κ1) is 13.4. The van der Waals surface area contributed by atoms with E-state index < -0.39 is 0 Å². The van der Waals surface area contributed by atoms with E-state index in [1.54, 1.807) is 11.3 Å². The van der Waals surface area contributed by atoms with E-state index in [0.717, 1.165) is 34.6 Å². The third kappa shape index (κ3) is 4.31. The Hall–Kier alpha value is -1.07. The molecule has 3 nitrogen and oxygen atoms in total. The zero-order chi connectivity index (χ0) is 12.6. The van der Waals surface area contributed by atoms with Crippen LogP contribution in [0, 0.1) is 0 Å². The molecular formula is C13H17N3S2. The van der Waals surface area contributed by atoms with E-state index in [9.17, 15) is 0 Å². The van der Waals surface area contributed by atoms with Crippen LogP contribution in [0.15, 0.2) is 30.3 Å². The van der Waals surface area contributed by atoms with Crippen molar-refractivity contribution in [1.29, 1.82) is 0 Å². The molecule has 0 aliphatic rings. The normalized spacial score (nSPS) is 10.5. The molecule has 2 aromatic rings. The molecule has 96 valence electrons. The van der Waals surface area contributed by atoms with Crippen molar-refractivity contribution in [2.75, 3.05) is 11.9 Å². The van der Waals surface area contributed by atoms with Crippen LogP contribution in [0.25, 0.3) is 0 Å². The highest BCUT2D eigenvalue weighted by molar-refractivity contribution is 7.97. The number of nitrogens with zero attached hydrogens (tertiary/aromatic N) is 2. The van der Waals surface area contributed by atoms with Crippen molar-refractivity contribution in [3.8, 4) is 0 Å². The van der Waals surface area contributed by atoms with E-state index in [1.165, 1.54) is 5.56 Å². The van der Waals surface area contributed by atoms with Gasteiger partial charge in [-0.25, -0.2) is 0 Å². The summed E-state index contributed by atoms with van der Waals surface area (Å²) in [7, 11) is 0. The molecule has 1 aromatic carbocycles. The number of thioether (sulfide) groups is 1. The van der Waals surface area contributed by atoms with Crippen molar-refractivity contribution in [3.63, 3.8) is 0 Å². The van der Waals surface area contributed by atoms with Crippen molar-refractivity contribution in [1.82, 2.24) is 10.2 Å². The lowest BCUT2D eigenvalue weighted by Gasteiger charge is -1.98. The first-order valence-electron chi connectivity index (χ1n) is 6.06. The molecule has 5 heteroatoms. The third-order valence-corrected chi connectivity index (χ3v) is 4.41. The fraction of sp³-hybridized carbons (Fsp3) is 0.385. The molecule has 0 radical (unpaired) electrons. The third-order valence-electron chi connectivity index (χ3n) is 2.33. The average Bonchev–Trinajstić information content (AvgIpc) is 2.85. The van der Waals surface area contributed by atoms with Crippen LogP contribution in [0.4, 0.5) is 5.13 Å². The van der Waals surface area contributed by atoms with Gasteiger partial charge in [-0.3, -0.25) is 0 Å². The Morgan fingerprint density at radius 1 is 1.17 bits per heavy atom. The Labute approximate surface area is 116 Å². The summed E-state index contributed by atoms with van der Waals surface area (Å²) in [5.41, 5.74) is 1.36. The maximum Gasteiger partial charge on any atom is 0.205 e. The van der Waals surface area contributed by atoms with Crippen molar-refractivity contribution in [2.24, 2.45) is 0 Å². The number of rotatable bonds is 7. The highest BCUT2D eigenvalue weighted by Crippen LogP contribution is 2.22. The van der Waals surface area contributed by atoms with E-state index in [2.05, 4.69) is 46.7 Å². The van der Waals surface area contributed by atoms with Crippen LogP contribution in [0.5, 0.6) is 0 Å². The van der Waals surface area contributed by atoms with Crippen LogP contribution in [0.2, 0.25) is 0 Å². The summed E-state index contributed by atoms with van der Waals surface area (Å²) in [5, 5.41) is 13.6. The molecule has 0 aliphatic carbocycles. The van der Waals surface area contributed by atoms with Gasteiger partial charge in [-0.15, -0.1) is 22.0 Å². The Morgan fingerprint density at radius 3 is 2.78 bits per heavy atom. The lowest BCUT2D eigenvalue weighted by atomic mass is 10.2. The fourth-order valence-electron chi connectivity index (χ4n) is 1.45. The summed E-state index contributed by atoms with van der Waals surface area (Å²) in [6.45, 7) is 3.11. The number of hydrogen-bond acceptors (Lipinski definition) is 5. The first-order valence-corrected chi connectivity index (χ1v) is 8.03. The molecule has 1 N–H and O–H groups in total. The number of aromatic nitrogens is 2. The Kier molecular flexibility index (Phi) is 5.48. The smallest absolute Gasteiger partial charge is 0.205 e. The summed E-state index contributed by atoms with van der Waals surface area (Å²) >= 11 is 3.53. The number of hydrogen-bond donors (Lipinski definition) is 1. The average molecular weight is 279 g/mol. The summed E-state index contributed by atoms with van der Waals surface area (Å²) in [5.74, 6) is 1.96. The molecule has 1 heterocycles. The van der Waals surface area contributed by atoms with Crippen LogP contribution in [-0.2, 0) is 11.5 Å². The van der Waals surface area contributed by atoms with Crippen LogP contribution >= 0.6 is 23.1 Å². The van der Waals surface area contributed by atoms with Gasteiger partial charge in [-0.1, -0.05) is 48.6 Å². The SMILES string of the molecule is CCCNc1nnc(CSCc2ccccc2)s1. The predicted octanol–water partition coefficient (Wildman–Crippen LogP) is 3.79. The molecule has 0 atom stereocenters. The first-order chi connectivity index (χ1) is 8.88. The standard InChI is InChI=1S/C13H17N3S2/c1-2-8-14-13-16-15-12(18-13)10-17-9-11-6-4-3-5-7-11/h3-7H,2,8-10H2,1H3,(H,14,16). The summed E-state index contributed by atoms with van der Waals surface area (Å²) in [6, 6.07) is 10.5. The van der Waals surface area contributed by atoms with Crippen molar-refractivity contribution >= 4 is 28.2 Å². The predicted molar refractivity (Wildman–Crippen MR) is 80.1 cm³/mol. The fourth-order valence-corrected chi connectivity index (χ4v) is 3.25. The molecule has 1 aromatic heterocycles. The molecule has 0 spiro atoms. The molecule has 0 saturated carbocycles. The van der Waals surface area contributed by atoms with E-state index in [1.807, 2.05) is 17.8 Å². The minimum atomic E-state index is 0.931. The van der Waals surface area contributed by atoms with Crippen molar-refractivity contribution < 1.29 is 0 Å². The van der Waals surface area contributed by atoms with Crippen LogP contribution in [0.3, 0.4) is 0 Å². The molecule has 0 aliphatic heterocycles. The molecule has 0 fully saturated rings. The van der Waals surface area contributed by atoms with Gasteiger partial charge in [0.15, 0.2) is 0 Å². The van der Waals surface area contributed by atoms with Gasteiger partial charge >= 0.3 is 0 Å². The molecule has 2 rings (SSSR count). The lowest BCUT2D eigenvalue weighted by Crippen LogP contribution is -1.98. The molecule has 0 saturated heterocycles. The molecular weight excluding hydrogens is 262 g/mol. The maximum absolute atomic E-state index is 4.19. The number of nitrogens with one attached hydrogen (secondary N) is 1. The zero-order valence-electron chi connectivity index (χ0n) is 10.4. The van der Waals surface area contributed by atoms with Gasteiger partial charge in [0.05, 0.1) is 0 Å². The molecule has 0 unspecified atom stereocenters. The summed E-state index contributed by atoms with van der Waals surface area (Å²) < 4.78 is 0. The summed E-state index contributed by atoms with van der Waals surface area (Å²) in [6.07, 6.45) is 1.11. The van der Waals surface area contributed by atoms with Gasteiger partial charge in [-0.05, 0) is 12.0 Å². The van der Waals surface area contributed by atoms with E-state index in [-0.39, 0.29) is 0 Å². The van der Waals surface area contributed by atoms with E-state index >= 15 is 0 Å². The minimum absolute atomic E-state index is 0.931. The molecule has 18 heavy (non-hydrogen) atoms. The van der Waals surface area contributed by atoms with Gasteiger partial charge in [0.1, 0.15) is 5.01 Å². The minimum Gasteiger partial charge on any atom is -0.360 e. The molecule has 0 bridgehead atoms. The number of benzene rings is 1. The van der Waals surface area contributed by atoms with Gasteiger partial charge < -0.3 is 5.32 Å². The van der Waals surface area contributed by atoms with Crippen LogP contribution in [-0.4, -0.2) is 16.7 Å². The monoisotopic (exact) mass is 279 g/mol. The lowest BCUT2D eigenvalue weighted by molar-refractivity contribution is 0.958. The van der Waals surface area contributed by atoms with E-state index in [4.69, 9.17) is 0 Å². The van der Waals surface area contributed by atoms with Gasteiger partial charge in [0, 0.05) is 18.1 Å². The highest BCUT2D eigenvalue weighted by atomic mass is 32.2. The van der Waals surface area contributed by atoms with Gasteiger partial charge in [0.25, 0.3) is 0 Å². The topological polar surface area (TPSA) is 37.8 Å². The largest absolute Gasteiger partial charge is 0.360 e. The quantitative estimate of drug-likeness (QED) is 0.836. The zero-order valence-corrected chi connectivity index (χ0v) is 12.1. The maximum atomic E-state index is 4.19. The van der Waals surface area contributed by atoms with Crippen LogP contribution < -0.4 is 5.32 Å². The second kappa shape index (κ2) is 7.38. The van der Waals surface area contributed by atoms with E-state index in [0.29, 0.717) is 0 Å². The molecule has 0 amide bonds. The number of anilines is 1. The second-order valence-corrected chi connectivity index (χ2v) is 5.95. The van der Waals surface area contributed by atoms with Gasteiger partial charge in [-0.2, -0.15) is 0 Å². The van der Waals surface area contributed by atoms with Gasteiger partial charge in [0.2, 0.25) is 5.13 Å². The van der Waals surface area contributed by atoms with Crippen LogP contribution in [0.1, 0.15) is 23.9 Å². The van der Waals surface area contributed by atoms with Crippen molar-refractivity contribution in [2.45, 2.75) is 24.9 Å². The highest BCUT2D eigenvalue weighted by Gasteiger charge is 2.03. The Morgan fingerprint density at radius 2 is 2.00 bits per heavy atom. The Balaban J connectivity index is 1.75. The summed E-state index contributed by atoms with van der Waals surface area (Å²) in [4.78, 5) is 0. The second-order valence-electron chi connectivity index (χ2n) is 3.91.